The van der Waals surface area contributed by atoms with Gasteiger partial charge in [-0.05, 0) is 24.1 Å². The quantitative estimate of drug-likeness (QED) is 0.740. The van der Waals surface area contributed by atoms with Crippen molar-refractivity contribution in [1.82, 2.24) is 0 Å². The summed E-state index contributed by atoms with van der Waals surface area (Å²) >= 11 is 5.87. The highest BCUT2D eigenvalue weighted by Crippen LogP contribution is 2.39. The van der Waals surface area contributed by atoms with Crippen LogP contribution in [-0.4, -0.2) is 5.11 Å². The van der Waals surface area contributed by atoms with Crippen molar-refractivity contribution in [2.75, 3.05) is 5.73 Å². The van der Waals surface area contributed by atoms with Crippen LogP contribution in [0.3, 0.4) is 0 Å². The highest BCUT2D eigenvalue weighted by molar-refractivity contribution is 6.34. The van der Waals surface area contributed by atoms with Gasteiger partial charge in [0, 0.05) is 5.56 Å². The summed E-state index contributed by atoms with van der Waals surface area (Å²) in [5, 5.41) is 10.0. The van der Waals surface area contributed by atoms with Crippen LogP contribution in [0.15, 0.2) is 36.4 Å². The van der Waals surface area contributed by atoms with Gasteiger partial charge < -0.3 is 10.8 Å². The lowest BCUT2D eigenvalue weighted by Crippen LogP contribution is -1.92. The summed E-state index contributed by atoms with van der Waals surface area (Å²) in [6, 6.07) is 11.5. The second-order valence-corrected chi connectivity index (χ2v) is 4.04. The van der Waals surface area contributed by atoms with E-state index in [4.69, 9.17) is 17.3 Å². The van der Waals surface area contributed by atoms with Crippen LogP contribution in [0.2, 0.25) is 5.02 Å². The predicted molar refractivity (Wildman–Crippen MR) is 67.7 cm³/mol. The number of nitrogens with two attached hydrogens (primary N) is 1. The molecule has 2 aromatic carbocycles. The van der Waals surface area contributed by atoms with E-state index in [-0.39, 0.29) is 10.8 Å². The minimum Gasteiger partial charge on any atom is -0.506 e. The molecule has 0 radical (unpaired) electrons. The van der Waals surface area contributed by atoms with Crippen LogP contribution < -0.4 is 5.73 Å². The fourth-order valence-corrected chi connectivity index (χ4v) is 1.87. The SMILES string of the molecule is Cc1c(-c2ccccc2)cc(N)c(Cl)c1O. The molecule has 2 aromatic rings. The van der Waals surface area contributed by atoms with Crippen LogP contribution in [-0.2, 0) is 0 Å². The summed E-state index contributed by atoms with van der Waals surface area (Å²) in [6.45, 7) is 1.82. The van der Waals surface area contributed by atoms with Crippen molar-refractivity contribution in [1.29, 1.82) is 0 Å². The lowest BCUT2D eigenvalue weighted by Gasteiger charge is -2.11. The maximum absolute atomic E-state index is 9.82. The smallest absolute Gasteiger partial charge is 0.139 e. The fraction of sp³-hybridized carbons (Fsp3) is 0.0769. The van der Waals surface area contributed by atoms with E-state index in [1.807, 2.05) is 37.3 Å². The van der Waals surface area contributed by atoms with Gasteiger partial charge in [0.25, 0.3) is 0 Å². The fourth-order valence-electron chi connectivity index (χ4n) is 1.67. The van der Waals surface area contributed by atoms with Crippen molar-refractivity contribution in [2.45, 2.75) is 6.92 Å². The van der Waals surface area contributed by atoms with Crippen molar-refractivity contribution in [2.24, 2.45) is 0 Å². The molecule has 3 heteroatoms. The molecule has 0 aromatic heterocycles. The molecule has 3 N–H and O–H groups in total. The monoisotopic (exact) mass is 233 g/mol. The molecule has 0 atom stereocenters. The van der Waals surface area contributed by atoms with E-state index in [2.05, 4.69) is 0 Å². The van der Waals surface area contributed by atoms with Crippen molar-refractivity contribution >= 4 is 17.3 Å². The van der Waals surface area contributed by atoms with Gasteiger partial charge in [0.1, 0.15) is 10.8 Å². The summed E-state index contributed by atoms with van der Waals surface area (Å²) in [4.78, 5) is 0. The Labute approximate surface area is 99.3 Å². The van der Waals surface area contributed by atoms with Crippen molar-refractivity contribution in [3.05, 3.63) is 47.0 Å². The standard InChI is InChI=1S/C13H12ClNO/c1-8-10(9-5-3-2-4-6-9)7-11(15)12(14)13(8)16/h2-7,16H,15H2,1H3. The van der Waals surface area contributed by atoms with Gasteiger partial charge in [0.2, 0.25) is 0 Å². The van der Waals surface area contributed by atoms with Crippen LogP contribution >= 0.6 is 11.6 Å². The summed E-state index contributed by atoms with van der Waals surface area (Å²) in [7, 11) is 0. The topological polar surface area (TPSA) is 46.2 Å². The van der Waals surface area contributed by atoms with E-state index in [9.17, 15) is 5.11 Å². The van der Waals surface area contributed by atoms with E-state index < -0.39 is 0 Å². The lowest BCUT2D eigenvalue weighted by atomic mass is 9.99. The molecule has 0 heterocycles. The van der Waals surface area contributed by atoms with Gasteiger partial charge >= 0.3 is 0 Å². The van der Waals surface area contributed by atoms with Crippen LogP contribution in [0.25, 0.3) is 11.1 Å². The largest absolute Gasteiger partial charge is 0.506 e. The normalized spacial score (nSPS) is 10.4. The maximum Gasteiger partial charge on any atom is 0.139 e. The first-order valence-electron chi connectivity index (χ1n) is 4.94. The Hall–Kier alpha value is -1.67. The zero-order valence-electron chi connectivity index (χ0n) is 8.87. The van der Waals surface area contributed by atoms with Crippen molar-refractivity contribution in [3.8, 4) is 16.9 Å². The molecule has 82 valence electrons. The van der Waals surface area contributed by atoms with Crippen LogP contribution in [0.5, 0.6) is 5.75 Å². The Bertz CT molecular complexity index is 523. The molecule has 2 nitrogen and oxygen atoms in total. The van der Waals surface area contributed by atoms with Gasteiger partial charge in [-0.25, -0.2) is 0 Å². The van der Waals surface area contributed by atoms with Crippen molar-refractivity contribution < 1.29 is 5.11 Å². The third-order valence-corrected chi connectivity index (χ3v) is 3.00. The van der Waals surface area contributed by atoms with Crippen molar-refractivity contribution in [3.63, 3.8) is 0 Å². The van der Waals surface area contributed by atoms with Gasteiger partial charge in [-0.2, -0.15) is 0 Å². The minimum atomic E-state index is 0.0560. The van der Waals surface area contributed by atoms with E-state index in [0.29, 0.717) is 5.69 Å². The highest BCUT2D eigenvalue weighted by atomic mass is 35.5. The molecular weight excluding hydrogens is 222 g/mol. The van der Waals surface area contributed by atoms with Gasteiger partial charge in [-0.15, -0.1) is 0 Å². The van der Waals surface area contributed by atoms with Gasteiger partial charge in [-0.3, -0.25) is 0 Å². The zero-order valence-corrected chi connectivity index (χ0v) is 9.62. The second kappa shape index (κ2) is 4.06. The number of benzene rings is 2. The molecule has 0 aliphatic rings. The molecule has 0 saturated heterocycles. The van der Waals surface area contributed by atoms with Crippen LogP contribution in [0, 0.1) is 6.92 Å². The summed E-state index contributed by atoms with van der Waals surface area (Å²) in [6.07, 6.45) is 0. The molecule has 0 unspecified atom stereocenters. The lowest BCUT2D eigenvalue weighted by molar-refractivity contribution is 0.472. The molecule has 0 aliphatic heterocycles. The molecule has 2 rings (SSSR count). The average Bonchev–Trinajstić information content (AvgIpc) is 2.32. The summed E-state index contributed by atoms with van der Waals surface area (Å²) in [5.41, 5.74) is 8.78. The number of nitrogen functional groups attached to an aromatic ring is 1. The van der Waals surface area contributed by atoms with E-state index in [1.165, 1.54) is 0 Å². The van der Waals surface area contributed by atoms with E-state index >= 15 is 0 Å². The summed E-state index contributed by atoms with van der Waals surface area (Å²) < 4.78 is 0. The second-order valence-electron chi connectivity index (χ2n) is 3.67. The highest BCUT2D eigenvalue weighted by Gasteiger charge is 2.12. The number of halogens is 1. The third kappa shape index (κ3) is 1.72. The van der Waals surface area contributed by atoms with E-state index in [0.717, 1.165) is 16.7 Å². The number of anilines is 1. The van der Waals surface area contributed by atoms with Gasteiger partial charge in [0.05, 0.1) is 5.69 Å². The number of hydrogen-bond acceptors (Lipinski definition) is 2. The van der Waals surface area contributed by atoms with Gasteiger partial charge in [-0.1, -0.05) is 41.9 Å². The predicted octanol–water partition coefficient (Wildman–Crippen LogP) is 3.60. The first-order chi connectivity index (χ1) is 7.61. The number of phenolic OH excluding ortho intramolecular Hbond substituents is 1. The molecule has 0 aliphatic carbocycles. The number of rotatable bonds is 1. The molecule has 0 fully saturated rings. The Morgan fingerprint density at radius 3 is 2.44 bits per heavy atom. The van der Waals surface area contributed by atoms with Crippen LogP contribution in [0.4, 0.5) is 5.69 Å². The number of aromatic hydroxyl groups is 1. The Kier molecular flexibility index (Phi) is 2.75. The maximum atomic E-state index is 9.82. The molecule has 16 heavy (non-hydrogen) atoms. The van der Waals surface area contributed by atoms with Gasteiger partial charge in [0.15, 0.2) is 0 Å². The minimum absolute atomic E-state index is 0.0560. The number of phenols is 1. The van der Waals surface area contributed by atoms with Crippen LogP contribution in [0.1, 0.15) is 5.56 Å². The van der Waals surface area contributed by atoms with E-state index in [1.54, 1.807) is 6.07 Å². The molecule has 0 spiro atoms. The Balaban J connectivity index is 2.68. The molecule has 0 saturated carbocycles. The first-order valence-corrected chi connectivity index (χ1v) is 5.32. The molecular formula is C13H12ClNO. The average molecular weight is 234 g/mol. The Morgan fingerprint density at radius 1 is 1.19 bits per heavy atom. The zero-order chi connectivity index (χ0) is 11.7. The molecule has 0 bridgehead atoms. The molecule has 0 amide bonds. The third-order valence-electron chi connectivity index (χ3n) is 2.61. The Morgan fingerprint density at radius 2 is 1.81 bits per heavy atom. The number of hydrogen-bond donors (Lipinski definition) is 2. The summed E-state index contributed by atoms with van der Waals surface area (Å²) in [5.74, 6) is 0.0560. The first kappa shape index (κ1) is 10.8.